The van der Waals surface area contributed by atoms with E-state index in [0.717, 1.165) is 5.69 Å². The number of aromatic nitrogens is 3. The van der Waals surface area contributed by atoms with Gasteiger partial charge in [-0.2, -0.15) is 10.2 Å². The number of anilines is 1. The van der Waals surface area contributed by atoms with Gasteiger partial charge in [0.2, 0.25) is 0 Å². The molecule has 2 heterocycles. The Morgan fingerprint density at radius 3 is 2.94 bits per heavy atom. The highest BCUT2D eigenvalue weighted by molar-refractivity contribution is 7.14. The van der Waals surface area contributed by atoms with Crippen LogP contribution < -0.4 is 11.1 Å². The SMILES string of the molecule is CC(N)c1csc(NC(=O)c2ccnnc2)n1. The molecule has 0 aliphatic rings. The van der Waals surface area contributed by atoms with Gasteiger partial charge in [-0.3, -0.25) is 10.1 Å². The molecule has 0 aliphatic carbocycles. The highest BCUT2D eigenvalue weighted by Crippen LogP contribution is 2.19. The number of carbonyl (C=O) groups is 1. The zero-order valence-corrected chi connectivity index (χ0v) is 9.94. The second-order valence-electron chi connectivity index (χ2n) is 3.45. The van der Waals surface area contributed by atoms with Crippen LogP contribution in [-0.4, -0.2) is 21.1 Å². The topological polar surface area (TPSA) is 93.8 Å². The Balaban J connectivity index is 2.08. The molecule has 2 aromatic rings. The van der Waals surface area contributed by atoms with Gasteiger partial charge in [0.25, 0.3) is 5.91 Å². The van der Waals surface area contributed by atoms with Crippen molar-refractivity contribution in [1.29, 1.82) is 0 Å². The Morgan fingerprint density at radius 1 is 1.53 bits per heavy atom. The monoisotopic (exact) mass is 249 g/mol. The van der Waals surface area contributed by atoms with Gasteiger partial charge in [-0.25, -0.2) is 4.98 Å². The highest BCUT2D eigenvalue weighted by Gasteiger charge is 2.10. The summed E-state index contributed by atoms with van der Waals surface area (Å²) in [6, 6.07) is 1.45. The average molecular weight is 249 g/mol. The van der Waals surface area contributed by atoms with Crippen molar-refractivity contribution < 1.29 is 4.79 Å². The number of amides is 1. The lowest BCUT2D eigenvalue weighted by molar-refractivity contribution is 0.102. The van der Waals surface area contributed by atoms with Crippen LogP contribution in [0.15, 0.2) is 23.8 Å². The minimum Gasteiger partial charge on any atom is -0.323 e. The van der Waals surface area contributed by atoms with Crippen molar-refractivity contribution in [2.24, 2.45) is 5.73 Å². The third-order valence-electron chi connectivity index (χ3n) is 2.06. The number of nitrogens with two attached hydrogens (primary N) is 1. The fraction of sp³-hybridized carbons (Fsp3) is 0.200. The first kappa shape index (κ1) is 11.6. The Kier molecular flexibility index (Phi) is 3.40. The molecular formula is C10H11N5OS. The van der Waals surface area contributed by atoms with Crippen LogP contribution in [0.2, 0.25) is 0 Å². The van der Waals surface area contributed by atoms with Crippen LogP contribution >= 0.6 is 11.3 Å². The standard InChI is InChI=1S/C10H11N5OS/c1-6(11)8-5-17-10(14-8)15-9(16)7-2-3-12-13-4-7/h2-6H,11H2,1H3,(H,14,15,16). The van der Waals surface area contributed by atoms with Crippen LogP contribution in [0.3, 0.4) is 0 Å². The number of hydrogen-bond donors (Lipinski definition) is 2. The molecule has 0 saturated carbocycles. The summed E-state index contributed by atoms with van der Waals surface area (Å²) in [6.45, 7) is 1.84. The van der Waals surface area contributed by atoms with Gasteiger partial charge in [0.1, 0.15) is 0 Å². The molecule has 0 aliphatic heterocycles. The molecule has 0 radical (unpaired) electrons. The van der Waals surface area contributed by atoms with Crippen molar-refractivity contribution >= 4 is 22.4 Å². The van der Waals surface area contributed by atoms with Crippen LogP contribution in [0.5, 0.6) is 0 Å². The van der Waals surface area contributed by atoms with Crippen molar-refractivity contribution in [3.63, 3.8) is 0 Å². The lowest BCUT2D eigenvalue weighted by Gasteiger charge is -2.00. The first-order chi connectivity index (χ1) is 8.16. The molecule has 0 spiro atoms. The Morgan fingerprint density at radius 2 is 2.35 bits per heavy atom. The molecular weight excluding hydrogens is 238 g/mol. The van der Waals surface area contributed by atoms with Crippen molar-refractivity contribution in [3.8, 4) is 0 Å². The van der Waals surface area contributed by atoms with Gasteiger partial charge in [-0.05, 0) is 13.0 Å². The van der Waals surface area contributed by atoms with Crippen molar-refractivity contribution in [2.75, 3.05) is 5.32 Å². The summed E-state index contributed by atoms with van der Waals surface area (Å²) in [5.74, 6) is -0.259. The summed E-state index contributed by atoms with van der Waals surface area (Å²) in [4.78, 5) is 16.0. The minimum atomic E-state index is -0.259. The van der Waals surface area contributed by atoms with Gasteiger partial charge in [-0.1, -0.05) is 0 Å². The summed E-state index contributed by atoms with van der Waals surface area (Å²) in [6.07, 6.45) is 2.86. The van der Waals surface area contributed by atoms with Gasteiger partial charge in [-0.15, -0.1) is 11.3 Å². The molecule has 0 bridgehead atoms. The van der Waals surface area contributed by atoms with Crippen LogP contribution in [0, 0.1) is 0 Å². The fourth-order valence-electron chi connectivity index (χ4n) is 1.15. The van der Waals surface area contributed by atoms with Gasteiger partial charge in [0.15, 0.2) is 5.13 Å². The summed E-state index contributed by atoms with van der Waals surface area (Å²) < 4.78 is 0. The third-order valence-corrected chi connectivity index (χ3v) is 2.83. The Bertz CT molecular complexity index is 510. The molecule has 0 saturated heterocycles. The molecule has 17 heavy (non-hydrogen) atoms. The molecule has 88 valence electrons. The van der Waals surface area contributed by atoms with E-state index in [1.54, 1.807) is 6.07 Å². The summed E-state index contributed by atoms with van der Waals surface area (Å²) in [5.41, 5.74) is 6.89. The van der Waals surface area contributed by atoms with E-state index in [0.29, 0.717) is 10.7 Å². The molecule has 2 aromatic heterocycles. The molecule has 6 nitrogen and oxygen atoms in total. The molecule has 0 aromatic carbocycles. The van der Waals surface area contributed by atoms with Crippen LogP contribution in [0.4, 0.5) is 5.13 Å². The quantitative estimate of drug-likeness (QED) is 0.852. The third kappa shape index (κ3) is 2.83. The number of rotatable bonds is 3. The van der Waals surface area contributed by atoms with Crippen molar-refractivity contribution in [3.05, 3.63) is 35.1 Å². The predicted molar refractivity (Wildman–Crippen MR) is 64.7 cm³/mol. The molecule has 2 rings (SSSR count). The fourth-order valence-corrected chi connectivity index (χ4v) is 1.96. The second kappa shape index (κ2) is 4.98. The van der Waals surface area contributed by atoms with E-state index >= 15 is 0 Å². The maximum atomic E-state index is 11.7. The predicted octanol–water partition coefficient (Wildman–Crippen LogP) is 1.21. The van der Waals surface area contributed by atoms with Gasteiger partial charge >= 0.3 is 0 Å². The van der Waals surface area contributed by atoms with E-state index in [2.05, 4.69) is 20.5 Å². The number of thiazole rings is 1. The lowest BCUT2D eigenvalue weighted by atomic mass is 10.3. The maximum Gasteiger partial charge on any atom is 0.259 e. The van der Waals surface area contributed by atoms with Crippen molar-refractivity contribution in [2.45, 2.75) is 13.0 Å². The van der Waals surface area contributed by atoms with E-state index < -0.39 is 0 Å². The normalized spacial score (nSPS) is 12.1. The molecule has 1 atom stereocenters. The van der Waals surface area contributed by atoms with Gasteiger partial charge < -0.3 is 5.73 Å². The minimum absolute atomic E-state index is 0.139. The van der Waals surface area contributed by atoms with E-state index in [1.165, 1.54) is 23.7 Å². The van der Waals surface area contributed by atoms with E-state index in [9.17, 15) is 4.79 Å². The largest absolute Gasteiger partial charge is 0.323 e. The average Bonchev–Trinajstić information content (AvgIpc) is 2.79. The zero-order chi connectivity index (χ0) is 12.3. The molecule has 7 heteroatoms. The summed E-state index contributed by atoms with van der Waals surface area (Å²) >= 11 is 1.34. The number of carbonyl (C=O) groups excluding carboxylic acids is 1. The van der Waals surface area contributed by atoms with Crippen LogP contribution in [0.25, 0.3) is 0 Å². The zero-order valence-electron chi connectivity index (χ0n) is 9.12. The van der Waals surface area contributed by atoms with Gasteiger partial charge in [0, 0.05) is 11.4 Å². The van der Waals surface area contributed by atoms with Crippen LogP contribution in [0.1, 0.15) is 29.0 Å². The number of hydrogen-bond acceptors (Lipinski definition) is 6. The Labute approximate surface area is 102 Å². The number of nitrogens with zero attached hydrogens (tertiary/aromatic N) is 3. The molecule has 0 fully saturated rings. The summed E-state index contributed by atoms with van der Waals surface area (Å²) in [7, 11) is 0. The lowest BCUT2D eigenvalue weighted by Crippen LogP contribution is -2.12. The molecule has 1 amide bonds. The smallest absolute Gasteiger partial charge is 0.259 e. The van der Waals surface area contributed by atoms with Crippen molar-refractivity contribution in [1.82, 2.24) is 15.2 Å². The highest BCUT2D eigenvalue weighted by atomic mass is 32.1. The molecule has 1 unspecified atom stereocenters. The Hall–Kier alpha value is -1.86. The summed E-state index contributed by atoms with van der Waals surface area (Å²) in [5, 5.41) is 12.3. The van der Waals surface area contributed by atoms with Crippen LogP contribution in [-0.2, 0) is 0 Å². The molecule has 3 N–H and O–H groups in total. The van der Waals surface area contributed by atoms with E-state index in [4.69, 9.17) is 5.73 Å². The van der Waals surface area contributed by atoms with E-state index in [1.807, 2.05) is 12.3 Å². The van der Waals surface area contributed by atoms with E-state index in [-0.39, 0.29) is 11.9 Å². The van der Waals surface area contributed by atoms with Gasteiger partial charge in [0.05, 0.1) is 23.7 Å². The number of nitrogens with one attached hydrogen (secondary N) is 1. The second-order valence-corrected chi connectivity index (χ2v) is 4.31. The first-order valence-corrected chi connectivity index (χ1v) is 5.84. The maximum absolute atomic E-state index is 11.7. The first-order valence-electron chi connectivity index (χ1n) is 4.96.